The van der Waals surface area contributed by atoms with Crippen LogP contribution in [0.2, 0.25) is 0 Å². The fourth-order valence-corrected chi connectivity index (χ4v) is 3.25. The first-order valence-corrected chi connectivity index (χ1v) is 7.86. The molecule has 10 heteroatoms. The van der Waals surface area contributed by atoms with E-state index in [0.29, 0.717) is 0 Å². The topological polar surface area (TPSA) is 114 Å². The molecule has 2 heterocycles. The molecule has 0 bridgehead atoms. The predicted molar refractivity (Wildman–Crippen MR) is 72.1 cm³/mol. The van der Waals surface area contributed by atoms with Gasteiger partial charge in [0.15, 0.2) is 5.13 Å². The molecule has 0 saturated heterocycles. The van der Waals surface area contributed by atoms with Crippen molar-refractivity contribution in [3.63, 3.8) is 0 Å². The first kappa shape index (κ1) is 14.5. The molecule has 8 nitrogen and oxygen atoms in total. The Morgan fingerprint density at radius 2 is 2.25 bits per heavy atom. The summed E-state index contributed by atoms with van der Waals surface area (Å²) >= 11 is 1.22. The molecule has 20 heavy (non-hydrogen) atoms. The highest BCUT2D eigenvalue weighted by Crippen LogP contribution is 2.20. The van der Waals surface area contributed by atoms with E-state index in [1.807, 2.05) is 6.92 Å². The third-order valence-corrected chi connectivity index (χ3v) is 4.57. The summed E-state index contributed by atoms with van der Waals surface area (Å²) < 4.78 is 27.7. The van der Waals surface area contributed by atoms with Crippen LogP contribution in [0, 0.1) is 6.92 Å². The minimum absolute atomic E-state index is 0.0317. The van der Waals surface area contributed by atoms with Gasteiger partial charge in [-0.25, -0.2) is 13.4 Å². The third kappa shape index (κ3) is 3.54. The van der Waals surface area contributed by atoms with Crippen molar-refractivity contribution in [3.05, 3.63) is 23.5 Å². The summed E-state index contributed by atoms with van der Waals surface area (Å²) in [4.78, 5) is 15.2. The molecule has 0 radical (unpaired) electrons. The van der Waals surface area contributed by atoms with Crippen molar-refractivity contribution >= 4 is 32.5 Å². The first-order chi connectivity index (χ1) is 9.37. The molecule has 0 fully saturated rings. The summed E-state index contributed by atoms with van der Waals surface area (Å²) in [6, 6.07) is 0. The van der Waals surface area contributed by atoms with Gasteiger partial charge < -0.3 is 5.11 Å². The number of carboxylic acids is 1. The van der Waals surface area contributed by atoms with Crippen molar-refractivity contribution in [2.24, 2.45) is 0 Å². The van der Waals surface area contributed by atoms with Crippen LogP contribution in [0.5, 0.6) is 0 Å². The average molecular weight is 316 g/mol. The normalized spacial score (nSPS) is 11.4. The lowest BCUT2D eigenvalue weighted by molar-refractivity contribution is -0.137. The molecule has 2 aromatic rings. The van der Waals surface area contributed by atoms with Crippen LogP contribution in [0.3, 0.4) is 0 Å². The summed E-state index contributed by atoms with van der Waals surface area (Å²) in [5, 5.41) is 12.7. The van der Waals surface area contributed by atoms with Crippen LogP contribution < -0.4 is 4.72 Å². The number of hydrogen-bond donors (Lipinski definition) is 2. The average Bonchev–Trinajstić information content (AvgIpc) is 2.95. The zero-order chi connectivity index (χ0) is 14.8. The molecule has 0 aliphatic carbocycles. The summed E-state index contributed by atoms with van der Waals surface area (Å²) in [5.74, 6) is -0.971. The number of carbonyl (C=O) groups is 1. The van der Waals surface area contributed by atoms with Crippen LogP contribution in [-0.2, 0) is 21.4 Å². The number of nitrogens with zero attached hydrogens (tertiary/aromatic N) is 3. The summed E-state index contributed by atoms with van der Waals surface area (Å²) in [7, 11) is -3.75. The van der Waals surface area contributed by atoms with Gasteiger partial charge in [-0.3, -0.25) is 14.2 Å². The molecule has 0 aliphatic heterocycles. The number of thiazole rings is 1. The van der Waals surface area contributed by atoms with E-state index in [4.69, 9.17) is 5.11 Å². The van der Waals surface area contributed by atoms with Crippen LogP contribution in [0.1, 0.15) is 11.3 Å². The maximum absolute atomic E-state index is 12.0. The quantitative estimate of drug-likeness (QED) is 0.819. The number of nitrogens with one attached hydrogen (secondary N) is 1. The predicted octanol–water partition coefficient (Wildman–Crippen LogP) is 0.924. The third-order valence-electron chi connectivity index (χ3n) is 2.32. The Morgan fingerprint density at radius 3 is 2.85 bits per heavy atom. The second-order valence-corrected chi connectivity index (χ2v) is 6.88. The fourth-order valence-electron chi connectivity index (χ4n) is 1.39. The van der Waals surface area contributed by atoms with E-state index in [0.717, 1.165) is 4.88 Å². The van der Waals surface area contributed by atoms with Gasteiger partial charge in [-0.1, -0.05) is 0 Å². The number of carboxylic acid groups (broad SMARTS) is 1. The van der Waals surface area contributed by atoms with Gasteiger partial charge in [-0.2, -0.15) is 5.10 Å². The highest BCUT2D eigenvalue weighted by atomic mass is 32.2. The van der Waals surface area contributed by atoms with E-state index >= 15 is 0 Å². The van der Waals surface area contributed by atoms with Crippen LogP contribution in [0.25, 0.3) is 0 Å². The molecule has 2 rings (SSSR count). The Morgan fingerprint density at radius 1 is 1.50 bits per heavy atom. The van der Waals surface area contributed by atoms with E-state index < -0.39 is 16.0 Å². The maximum atomic E-state index is 12.0. The molecule has 2 N–H and O–H groups in total. The molecule has 108 valence electrons. The van der Waals surface area contributed by atoms with Crippen molar-refractivity contribution in [1.82, 2.24) is 14.8 Å². The van der Waals surface area contributed by atoms with Gasteiger partial charge in [0.2, 0.25) is 0 Å². The van der Waals surface area contributed by atoms with Gasteiger partial charge in [-0.15, -0.1) is 11.3 Å². The number of rotatable bonds is 6. The lowest BCUT2D eigenvalue weighted by Gasteiger charge is -2.01. The van der Waals surface area contributed by atoms with Gasteiger partial charge in [0.1, 0.15) is 4.90 Å². The number of aromatic nitrogens is 3. The van der Waals surface area contributed by atoms with Gasteiger partial charge in [0.05, 0.1) is 19.2 Å². The maximum Gasteiger partial charge on any atom is 0.305 e. The lowest BCUT2D eigenvalue weighted by atomic mass is 10.4. The van der Waals surface area contributed by atoms with Crippen molar-refractivity contribution < 1.29 is 18.3 Å². The molecule has 0 spiro atoms. The second kappa shape index (κ2) is 5.59. The zero-order valence-electron chi connectivity index (χ0n) is 10.5. The Balaban J connectivity index is 2.11. The highest BCUT2D eigenvalue weighted by Gasteiger charge is 2.18. The number of aryl methyl sites for hydroxylation is 2. The van der Waals surface area contributed by atoms with E-state index in [9.17, 15) is 13.2 Å². The standard InChI is InChI=1S/C10H12N4O4S2/c1-7-4-11-10(19-7)13-20(17,18)8-5-12-14(6-8)3-2-9(15)16/h4-6H,2-3H2,1H3,(H,11,13)(H,15,16). The summed E-state index contributed by atoms with van der Waals surface area (Å²) in [5.41, 5.74) is 0. The monoisotopic (exact) mass is 316 g/mol. The lowest BCUT2D eigenvalue weighted by Crippen LogP contribution is -2.12. The molecule has 0 atom stereocenters. The summed E-state index contributed by atoms with van der Waals surface area (Å²) in [6.45, 7) is 1.93. The van der Waals surface area contributed by atoms with Crippen LogP contribution in [0.15, 0.2) is 23.5 Å². The largest absolute Gasteiger partial charge is 0.481 e. The number of sulfonamides is 1. The molecular weight excluding hydrogens is 304 g/mol. The van der Waals surface area contributed by atoms with Gasteiger partial charge in [0.25, 0.3) is 10.0 Å². The number of aliphatic carboxylic acids is 1. The molecule has 0 amide bonds. The Bertz CT molecular complexity index is 719. The van der Waals surface area contributed by atoms with Gasteiger partial charge in [0, 0.05) is 17.3 Å². The Kier molecular flexibility index (Phi) is 4.04. The van der Waals surface area contributed by atoms with Gasteiger partial charge >= 0.3 is 5.97 Å². The van der Waals surface area contributed by atoms with Gasteiger partial charge in [-0.05, 0) is 6.92 Å². The molecular formula is C10H12N4O4S2. The minimum atomic E-state index is -3.75. The van der Waals surface area contributed by atoms with Crippen LogP contribution in [-0.4, -0.2) is 34.3 Å². The van der Waals surface area contributed by atoms with E-state index in [1.54, 1.807) is 6.20 Å². The number of hydrogen-bond acceptors (Lipinski definition) is 6. The van der Waals surface area contributed by atoms with Crippen molar-refractivity contribution in [1.29, 1.82) is 0 Å². The van der Waals surface area contributed by atoms with Crippen LogP contribution in [0.4, 0.5) is 5.13 Å². The zero-order valence-corrected chi connectivity index (χ0v) is 12.1. The van der Waals surface area contributed by atoms with E-state index in [-0.39, 0.29) is 23.0 Å². The Hall–Kier alpha value is -1.94. The molecule has 0 saturated carbocycles. The molecule has 0 aliphatic rings. The SMILES string of the molecule is Cc1cnc(NS(=O)(=O)c2cnn(CCC(=O)O)c2)s1. The molecule has 0 aromatic carbocycles. The van der Waals surface area contributed by atoms with Crippen molar-refractivity contribution in [2.45, 2.75) is 24.8 Å². The smallest absolute Gasteiger partial charge is 0.305 e. The van der Waals surface area contributed by atoms with E-state index in [2.05, 4.69) is 14.8 Å². The van der Waals surface area contributed by atoms with Crippen molar-refractivity contribution in [2.75, 3.05) is 4.72 Å². The second-order valence-electron chi connectivity index (χ2n) is 3.96. The summed E-state index contributed by atoms with van der Waals surface area (Å²) in [6.07, 6.45) is 3.90. The first-order valence-electron chi connectivity index (χ1n) is 5.56. The highest BCUT2D eigenvalue weighted by molar-refractivity contribution is 7.93. The molecule has 2 aromatic heterocycles. The van der Waals surface area contributed by atoms with Crippen molar-refractivity contribution in [3.8, 4) is 0 Å². The van der Waals surface area contributed by atoms with E-state index in [1.165, 1.54) is 28.4 Å². The molecule has 0 unspecified atom stereocenters. The Labute approximate surface area is 119 Å². The fraction of sp³-hybridized carbons (Fsp3) is 0.300. The van der Waals surface area contributed by atoms with Crippen LogP contribution >= 0.6 is 11.3 Å². The number of anilines is 1. The minimum Gasteiger partial charge on any atom is -0.481 e.